The minimum atomic E-state index is -3.79. The Morgan fingerprint density at radius 2 is 2.16 bits per heavy atom. The standard InChI is InChI=1S/C10H12FN5O2S/c11-7-3-8(12)5-9(4-7)19(17,18)15-2-1-10-13-6-14-16-10/h3-6,15H,1-2,12H2,(H,13,14,16). The number of hydrogen-bond donors (Lipinski definition) is 3. The molecule has 0 saturated carbocycles. The summed E-state index contributed by atoms with van der Waals surface area (Å²) in [6.07, 6.45) is 1.68. The SMILES string of the molecule is Nc1cc(F)cc(S(=O)(=O)NCCc2ncn[nH]2)c1. The zero-order valence-electron chi connectivity index (χ0n) is 9.80. The van der Waals surface area contributed by atoms with Crippen molar-refractivity contribution in [1.29, 1.82) is 0 Å². The first kappa shape index (κ1) is 13.4. The summed E-state index contributed by atoms with van der Waals surface area (Å²) in [5.41, 5.74) is 5.46. The lowest BCUT2D eigenvalue weighted by atomic mass is 10.3. The second-order valence-corrected chi connectivity index (χ2v) is 5.57. The monoisotopic (exact) mass is 285 g/mol. The molecule has 102 valence electrons. The van der Waals surface area contributed by atoms with Gasteiger partial charge in [-0.3, -0.25) is 5.10 Å². The van der Waals surface area contributed by atoms with Crippen LogP contribution in [-0.4, -0.2) is 30.1 Å². The van der Waals surface area contributed by atoms with Crippen LogP contribution in [0.15, 0.2) is 29.4 Å². The molecule has 1 aromatic heterocycles. The molecule has 0 amide bonds. The van der Waals surface area contributed by atoms with Gasteiger partial charge in [0.15, 0.2) is 0 Å². The smallest absolute Gasteiger partial charge is 0.240 e. The Hall–Kier alpha value is -2.00. The number of nitrogen functional groups attached to an aromatic ring is 1. The van der Waals surface area contributed by atoms with Crippen LogP contribution < -0.4 is 10.5 Å². The van der Waals surface area contributed by atoms with E-state index in [1.807, 2.05) is 0 Å². The van der Waals surface area contributed by atoms with E-state index in [2.05, 4.69) is 19.9 Å². The topological polar surface area (TPSA) is 114 Å². The van der Waals surface area contributed by atoms with Crippen molar-refractivity contribution in [2.24, 2.45) is 0 Å². The molecule has 0 radical (unpaired) electrons. The average Bonchev–Trinajstić information content (AvgIpc) is 2.80. The number of aromatic amines is 1. The molecule has 0 spiro atoms. The van der Waals surface area contributed by atoms with Crippen molar-refractivity contribution in [3.8, 4) is 0 Å². The summed E-state index contributed by atoms with van der Waals surface area (Å²) < 4.78 is 39.2. The highest BCUT2D eigenvalue weighted by atomic mass is 32.2. The zero-order valence-corrected chi connectivity index (χ0v) is 10.6. The lowest BCUT2D eigenvalue weighted by molar-refractivity contribution is 0.577. The lowest BCUT2D eigenvalue weighted by Crippen LogP contribution is -2.26. The molecule has 0 bridgehead atoms. The number of nitrogens with one attached hydrogen (secondary N) is 2. The number of anilines is 1. The van der Waals surface area contributed by atoms with Gasteiger partial charge in [0.2, 0.25) is 10.0 Å². The van der Waals surface area contributed by atoms with Crippen LogP contribution in [0.4, 0.5) is 10.1 Å². The second-order valence-electron chi connectivity index (χ2n) is 3.80. The fraction of sp³-hybridized carbons (Fsp3) is 0.200. The van der Waals surface area contributed by atoms with Gasteiger partial charge in [0.05, 0.1) is 4.90 Å². The van der Waals surface area contributed by atoms with Crippen molar-refractivity contribution in [1.82, 2.24) is 19.9 Å². The van der Waals surface area contributed by atoms with Crippen LogP contribution in [0.2, 0.25) is 0 Å². The van der Waals surface area contributed by atoms with E-state index < -0.39 is 15.8 Å². The summed E-state index contributed by atoms with van der Waals surface area (Å²) in [7, 11) is -3.79. The van der Waals surface area contributed by atoms with Crippen LogP contribution in [0, 0.1) is 5.82 Å². The predicted octanol–water partition coefficient (Wildman–Crippen LogP) is 0.0470. The van der Waals surface area contributed by atoms with Crippen LogP contribution in [0.25, 0.3) is 0 Å². The highest BCUT2D eigenvalue weighted by Gasteiger charge is 2.15. The van der Waals surface area contributed by atoms with Gasteiger partial charge in [0.25, 0.3) is 0 Å². The number of halogens is 1. The first-order valence-electron chi connectivity index (χ1n) is 5.37. The molecule has 0 aliphatic carbocycles. The second kappa shape index (κ2) is 5.33. The van der Waals surface area contributed by atoms with Gasteiger partial charge in [-0.15, -0.1) is 0 Å². The molecule has 9 heteroatoms. The van der Waals surface area contributed by atoms with Crippen LogP contribution in [0.1, 0.15) is 5.82 Å². The van der Waals surface area contributed by atoms with E-state index in [4.69, 9.17) is 5.73 Å². The van der Waals surface area contributed by atoms with Crippen LogP contribution in [-0.2, 0) is 16.4 Å². The third kappa shape index (κ3) is 3.48. The number of hydrogen-bond acceptors (Lipinski definition) is 5. The summed E-state index contributed by atoms with van der Waals surface area (Å²) >= 11 is 0. The minimum absolute atomic E-state index is 0.0515. The van der Waals surface area contributed by atoms with Gasteiger partial charge in [0.1, 0.15) is 18.0 Å². The maximum atomic E-state index is 13.1. The van der Waals surface area contributed by atoms with Gasteiger partial charge in [-0.25, -0.2) is 22.5 Å². The number of benzene rings is 1. The molecule has 1 aromatic carbocycles. The molecule has 0 aliphatic heterocycles. The highest BCUT2D eigenvalue weighted by molar-refractivity contribution is 7.89. The largest absolute Gasteiger partial charge is 0.399 e. The number of rotatable bonds is 5. The van der Waals surface area contributed by atoms with Gasteiger partial charge >= 0.3 is 0 Å². The quantitative estimate of drug-likeness (QED) is 0.671. The molecular weight excluding hydrogens is 273 g/mol. The normalized spacial score (nSPS) is 11.6. The van der Waals surface area contributed by atoms with E-state index in [1.165, 1.54) is 12.4 Å². The average molecular weight is 285 g/mol. The van der Waals surface area contributed by atoms with Crippen LogP contribution >= 0.6 is 0 Å². The van der Waals surface area contributed by atoms with E-state index in [0.29, 0.717) is 12.2 Å². The first-order valence-corrected chi connectivity index (χ1v) is 6.86. The number of sulfonamides is 1. The Balaban J connectivity index is 2.05. The molecule has 0 fully saturated rings. The zero-order chi connectivity index (χ0) is 13.9. The molecule has 0 atom stereocenters. The molecule has 0 aliphatic rings. The van der Waals surface area contributed by atoms with E-state index in [0.717, 1.165) is 12.1 Å². The predicted molar refractivity (Wildman–Crippen MR) is 66.1 cm³/mol. The maximum absolute atomic E-state index is 13.1. The Bertz CT molecular complexity index is 636. The van der Waals surface area contributed by atoms with Gasteiger partial charge in [-0.1, -0.05) is 0 Å². The first-order chi connectivity index (χ1) is 8.97. The van der Waals surface area contributed by atoms with Gasteiger partial charge in [-0.2, -0.15) is 5.10 Å². The Morgan fingerprint density at radius 3 is 2.79 bits per heavy atom. The van der Waals surface area contributed by atoms with Crippen molar-refractivity contribution < 1.29 is 12.8 Å². The summed E-state index contributed by atoms with van der Waals surface area (Å²) in [6.45, 7) is 0.119. The molecular formula is C10H12FN5O2S. The Morgan fingerprint density at radius 1 is 1.37 bits per heavy atom. The highest BCUT2D eigenvalue weighted by Crippen LogP contribution is 2.15. The van der Waals surface area contributed by atoms with Crippen molar-refractivity contribution in [2.45, 2.75) is 11.3 Å². The van der Waals surface area contributed by atoms with Crippen LogP contribution in [0.5, 0.6) is 0 Å². The number of nitrogens with zero attached hydrogens (tertiary/aromatic N) is 2. The van der Waals surface area contributed by atoms with Crippen molar-refractivity contribution >= 4 is 15.7 Å². The fourth-order valence-electron chi connectivity index (χ4n) is 1.48. The number of aromatic nitrogens is 3. The molecule has 7 nitrogen and oxygen atoms in total. The van der Waals surface area contributed by atoms with Crippen molar-refractivity contribution in [2.75, 3.05) is 12.3 Å². The number of nitrogens with two attached hydrogens (primary N) is 1. The maximum Gasteiger partial charge on any atom is 0.240 e. The van der Waals surface area contributed by atoms with Crippen molar-refractivity contribution in [3.63, 3.8) is 0 Å². The minimum Gasteiger partial charge on any atom is -0.399 e. The summed E-state index contributed by atoms with van der Waals surface area (Å²) in [5.74, 6) is -0.142. The molecule has 0 unspecified atom stereocenters. The van der Waals surface area contributed by atoms with Gasteiger partial charge < -0.3 is 5.73 Å². The van der Waals surface area contributed by atoms with Gasteiger partial charge in [0, 0.05) is 18.7 Å². The fourth-order valence-corrected chi connectivity index (χ4v) is 2.57. The summed E-state index contributed by atoms with van der Waals surface area (Å²) in [5, 5.41) is 6.24. The van der Waals surface area contributed by atoms with Crippen LogP contribution in [0.3, 0.4) is 0 Å². The van der Waals surface area contributed by atoms with E-state index in [1.54, 1.807) is 0 Å². The summed E-state index contributed by atoms with van der Waals surface area (Å²) in [6, 6.07) is 3.15. The molecule has 2 aromatic rings. The Labute approximate surface area is 109 Å². The third-order valence-corrected chi connectivity index (χ3v) is 3.76. The molecule has 0 saturated heterocycles. The van der Waals surface area contributed by atoms with E-state index in [9.17, 15) is 12.8 Å². The van der Waals surface area contributed by atoms with Gasteiger partial charge in [-0.05, 0) is 18.2 Å². The molecule has 19 heavy (non-hydrogen) atoms. The number of H-pyrrole nitrogens is 1. The third-order valence-electron chi connectivity index (χ3n) is 2.32. The van der Waals surface area contributed by atoms with E-state index >= 15 is 0 Å². The molecule has 4 N–H and O–H groups in total. The molecule has 2 rings (SSSR count). The summed E-state index contributed by atoms with van der Waals surface area (Å²) in [4.78, 5) is 3.65. The molecule has 1 heterocycles. The Kier molecular flexibility index (Phi) is 3.76. The van der Waals surface area contributed by atoms with E-state index in [-0.39, 0.29) is 17.1 Å². The van der Waals surface area contributed by atoms with Crippen molar-refractivity contribution in [3.05, 3.63) is 36.2 Å². The lowest BCUT2D eigenvalue weighted by Gasteiger charge is -2.06.